The van der Waals surface area contributed by atoms with Gasteiger partial charge in [-0.1, -0.05) is 26.7 Å². The Labute approximate surface area is 104 Å². The van der Waals surface area contributed by atoms with Crippen molar-refractivity contribution in [1.82, 2.24) is 5.32 Å². The molecule has 0 aromatic carbocycles. The van der Waals surface area contributed by atoms with Gasteiger partial charge in [-0.2, -0.15) is 0 Å². The SMILES string of the molecule is CCC(CC)CC(=O)NCCC(C)(C)C(=O)O. The van der Waals surface area contributed by atoms with E-state index in [0.29, 0.717) is 25.3 Å². The Morgan fingerprint density at radius 3 is 2.18 bits per heavy atom. The summed E-state index contributed by atoms with van der Waals surface area (Å²) >= 11 is 0. The van der Waals surface area contributed by atoms with Gasteiger partial charge in [-0.05, 0) is 26.2 Å². The molecule has 1 amide bonds. The molecule has 0 bridgehead atoms. The summed E-state index contributed by atoms with van der Waals surface area (Å²) in [5, 5.41) is 11.7. The Hall–Kier alpha value is -1.06. The summed E-state index contributed by atoms with van der Waals surface area (Å²) in [7, 11) is 0. The van der Waals surface area contributed by atoms with Gasteiger partial charge < -0.3 is 10.4 Å². The molecule has 4 heteroatoms. The van der Waals surface area contributed by atoms with Gasteiger partial charge in [0.05, 0.1) is 5.41 Å². The summed E-state index contributed by atoms with van der Waals surface area (Å²) in [5.41, 5.74) is -0.776. The highest BCUT2D eigenvalue weighted by Crippen LogP contribution is 2.19. The number of aliphatic carboxylic acids is 1. The minimum atomic E-state index is -0.827. The summed E-state index contributed by atoms with van der Waals surface area (Å²) in [4.78, 5) is 22.4. The number of carbonyl (C=O) groups excluding carboxylic acids is 1. The number of hydrogen-bond acceptors (Lipinski definition) is 2. The zero-order valence-electron chi connectivity index (χ0n) is 11.4. The number of hydrogen-bond donors (Lipinski definition) is 2. The second-order valence-electron chi connectivity index (χ2n) is 5.18. The molecule has 0 saturated carbocycles. The van der Waals surface area contributed by atoms with Crippen molar-refractivity contribution in [3.63, 3.8) is 0 Å². The van der Waals surface area contributed by atoms with Gasteiger partial charge in [0, 0.05) is 13.0 Å². The van der Waals surface area contributed by atoms with Crippen molar-refractivity contribution in [1.29, 1.82) is 0 Å². The number of amides is 1. The average Bonchev–Trinajstić information content (AvgIpc) is 2.25. The Balaban J connectivity index is 3.90. The molecule has 0 aliphatic rings. The van der Waals surface area contributed by atoms with Gasteiger partial charge in [0.15, 0.2) is 0 Å². The van der Waals surface area contributed by atoms with Crippen LogP contribution >= 0.6 is 0 Å². The van der Waals surface area contributed by atoms with Crippen LogP contribution in [0.1, 0.15) is 53.4 Å². The van der Waals surface area contributed by atoms with E-state index in [-0.39, 0.29) is 5.91 Å². The highest BCUT2D eigenvalue weighted by molar-refractivity contribution is 5.76. The molecule has 100 valence electrons. The van der Waals surface area contributed by atoms with Crippen molar-refractivity contribution in [3.05, 3.63) is 0 Å². The third-order valence-electron chi connectivity index (χ3n) is 3.28. The largest absolute Gasteiger partial charge is 0.481 e. The van der Waals surface area contributed by atoms with Crippen LogP contribution in [0.2, 0.25) is 0 Å². The quantitative estimate of drug-likeness (QED) is 0.688. The van der Waals surface area contributed by atoms with Crippen LogP contribution < -0.4 is 5.32 Å². The van der Waals surface area contributed by atoms with E-state index in [0.717, 1.165) is 12.8 Å². The first-order valence-electron chi connectivity index (χ1n) is 6.33. The standard InChI is InChI=1S/C13H25NO3/c1-5-10(6-2)9-11(15)14-8-7-13(3,4)12(16)17/h10H,5-9H2,1-4H3,(H,14,15)(H,16,17). The second-order valence-corrected chi connectivity index (χ2v) is 5.18. The van der Waals surface area contributed by atoms with Crippen LogP contribution in [-0.2, 0) is 9.59 Å². The van der Waals surface area contributed by atoms with E-state index in [1.807, 2.05) is 0 Å². The summed E-state index contributed by atoms with van der Waals surface area (Å²) in [6, 6.07) is 0. The predicted molar refractivity (Wildman–Crippen MR) is 67.7 cm³/mol. The molecular formula is C13H25NO3. The van der Waals surface area contributed by atoms with Gasteiger partial charge in [-0.3, -0.25) is 9.59 Å². The fourth-order valence-electron chi connectivity index (χ4n) is 1.53. The molecular weight excluding hydrogens is 218 g/mol. The van der Waals surface area contributed by atoms with E-state index < -0.39 is 11.4 Å². The molecule has 0 aromatic heterocycles. The van der Waals surface area contributed by atoms with E-state index in [4.69, 9.17) is 5.11 Å². The Morgan fingerprint density at radius 1 is 1.24 bits per heavy atom. The maximum absolute atomic E-state index is 11.6. The lowest BCUT2D eigenvalue weighted by Gasteiger charge is -2.19. The predicted octanol–water partition coefficient (Wildman–Crippen LogP) is 2.43. The average molecular weight is 243 g/mol. The van der Waals surface area contributed by atoms with Crippen LogP contribution in [0, 0.1) is 11.3 Å². The van der Waals surface area contributed by atoms with Crippen molar-refractivity contribution in [3.8, 4) is 0 Å². The van der Waals surface area contributed by atoms with Gasteiger partial charge in [-0.25, -0.2) is 0 Å². The van der Waals surface area contributed by atoms with E-state index in [1.54, 1.807) is 13.8 Å². The number of nitrogens with one attached hydrogen (secondary N) is 1. The van der Waals surface area contributed by atoms with Crippen molar-refractivity contribution in [2.24, 2.45) is 11.3 Å². The lowest BCUT2D eigenvalue weighted by Crippen LogP contribution is -2.32. The normalized spacial score (nSPS) is 11.6. The molecule has 0 aromatic rings. The van der Waals surface area contributed by atoms with E-state index in [1.165, 1.54) is 0 Å². The molecule has 0 atom stereocenters. The maximum Gasteiger partial charge on any atom is 0.309 e. The van der Waals surface area contributed by atoms with Gasteiger partial charge in [0.1, 0.15) is 0 Å². The summed E-state index contributed by atoms with van der Waals surface area (Å²) in [6.07, 6.45) is 3.01. The minimum absolute atomic E-state index is 0.0277. The monoisotopic (exact) mass is 243 g/mol. The van der Waals surface area contributed by atoms with E-state index in [9.17, 15) is 9.59 Å². The number of carboxylic acids is 1. The first kappa shape index (κ1) is 15.9. The first-order valence-corrected chi connectivity index (χ1v) is 6.33. The molecule has 0 unspecified atom stereocenters. The smallest absolute Gasteiger partial charge is 0.309 e. The highest BCUT2D eigenvalue weighted by Gasteiger charge is 2.26. The maximum atomic E-state index is 11.6. The van der Waals surface area contributed by atoms with E-state index >= 15 is 0 Å². The number of rotatable bonds is 8. The minimum Gasteiger partial charge on any atom is -0.481 e. The highest BCUT2D eigenvalue weighted by atomic mass is 16.4. The van der Waals surface area contributed by atoms with Gasteiger partial charge in [-0.15, -0.1) is 0 Å². The Kier molecular flexibility index (Phi) is 6.85. The molecule has 0 aliphatic carbocycles. The van der Waals surface area contributed by atoms with Crippen LogP contribution in [0.3, 0.4) is 0 Å². The molecule has 0 radical (unpaired) electrons. The molecule has 0 heterocycles. The Morgan fingerprint density at radius 2 is 1.76 bits per heavy atom. The van der Waals surface area contributed by atoms with Crippen molar-refractivity contribution in [2.75, 3.05) is 6.54 Å². The second kappa shape index (κ2) is 7.30. The molecule has 17 heavy (non-hydrogen) atoms. The van der Waals surface area contributed by atoms with E-state index in [2.05, 4.69) is 19.2 Å². The molecule has 0 fully saturated rings. The van der Waals surface area contributed by atoms with Gasteiger partial charge in [0.25, 0.3) is 0 Å². The van der Waals surface area contributed by atoms with Crippen LogP contribution in [0.15, 0.2) is 0 Å². The lowest BCUT2D eigenvalue weighted by molar-refractivity contribution is -0.147. The molecule has 2 N–H and O–H groups in total. The van der Waals surface area contributed by atoms with Crippen LogP contribution in [0.4, 0.5) is 0 Å². The fourth-order valence-corrected chi connectivity index (χ4v) is 1.53. The zero-order chi connectivity index (χ0) is 13.5. The van der Waals surface area contributed by atoms with Gasteiger partial charge >= 0.3 is 5.97 Å². The topological polar surface area (TPSA) is 66.4 Å². The van der Waals surface area contributed by atoms with Crippen LogP contribution in [0.5, 0.6) is 0 Å². The lowest BCUT2D eigenvalue weighted by atomic mass is 9.89. The van der Waals surface area contributed by atoms with Crippen LogP contribution in [-0.4, -0.2) is 23.5 Å². The molecule has 0 rings (SSSR count). The summed E-state index contributed by atoms with van der Waals surface area (Å²) < 4.78 is 0. The molecule has 0 aliphatic heterocycles. The zero-order valence-corrected chi connectivity index (χ0v) is 11.4. The summed E-state index contributed by atoms with van der Waals surface area (Å²) in [5.74, 6) is -0.367. The first-order chi connectivity index (χ1) is 7.83. The van der Waals surface area contributed by atoms with Crippen molar-refractivity contribution >= 4 is 11.9 Å². The number of carbonyl (C=O) groups is 2. The number of carboxylic acid groups (broad SMARTS) is 1. The molecule has 4 nitrogen and oxygen atoms in total. The Bertz CT molecular complexity index is 257. The van der Waals surface area contributed by atoms with Gasteiger partial charge in [0.2, 0.25) is 5.91 Å². The van der Waals surface area contributed by atoms with Crippen molar-refractivity contribution in [2.45, 2.75) is 53.4 Å². The summed E-state index contributed by atoms with van der Waals surface area (Å²) in [6.45, 7) is 7.92. The van der Waals surface area contributed by atoms with Crippen LogP contribution in [0.25, 0.3) is 0 Å². The molecule has 0 spiro atoms. The fraction of sp³-hybridized carbons (Fsp3) is 0.846. The third-order valence-corrected chi connectivity index (χ3v) is 3.28. The third kappa shape index (κ3) is 6.29. The molecule has 0 saturated heterocycles. The van der Waals surface area contributed by atoms with Crippen molar-refractivity contribution < 1.29 is 14.7 Å².